The van der Waals surface area contributed by atoms with Gasteiger partial charge < -0.3 is 14.4 Å². The Morgan fingerprint density at radius 1 is 1.14 bits per heavy atom. The van der Waals surface area contributed by atoms with Crippen molar-refractivity contribution >= 4 is 11.4 Å². The number of hydrogen-bond donors (Lipinski definition) is 0. The Bertz CT molecular complexity index is 911. The number of ether oxygens (including phenoxy) is 1. The van der Waals surface area contributed by atoms with Crippen LogP contribution in [0.1, 0.15) is 41.2 Å². The molecule has 0 amide bonds. The maximum absolute atomic E-state index is 12.6. The summed E-state index contributed by atoms with van der Waals surface area (Å²) in [4.78, 5) is 10.5. The second-order valence-corrected chi connectivity index (χ2v) is 6.43. The van der Waals surface area contributed by atoms with Crippen LogP contribution in [0.4, 0.5) is 8.78 Å². The molecule has 1 aliphatic rings. The van der Waals surface area contributed by atoms with Gasteiger partial charge in [0, 0.05) is 22.3 Å². The Labute approximate surface area is 162 Å². The third-order valence-electron chi connectivity index (χ3n) is 4.68. The highest BCUT2D eigenvalue weighted by molar-refractivity contribution is 6.04. The van der Waals surface area contributed by atoms with Gasteiger partial charge in [-0.05, 0) is 38.3 Å². The monoisotopic (exact) mass is 388 g/mol. The van der Waals surface area contributed by atoms with Gasteiger partial charge in [-0.25, -0.2) is 0 Å². The lowest BCUT2D eigenvalue weighted by molar-refractivity contribution is -0.0503. The van der Waals surface area contributed by atoms with Crippen molar-refractivity contribution in [1.82, 2.24) is 0 Å². The van der Waals surface area contributed by atoms with E-state index in [2.05, 4.69) is 15.0 Å². The molecule has 5 nitrogen and oxygen atoms in total. The fraction of sp³-hybridized carbons (Fsp3) is 0.333. The van der Waals surface area contributed by atoms with Gasteiger partial charge in [0.2, 0.25) is 0 Å². The van der Waals surface area contributed by atoms with Gasteiger partial charge >= 0.3 is 6.61 Å². The van der Waals surface area contributed by atoms with Crippen LogP contribution in [0.25, 0.3) is 0 Å². The van der Waals surface area contributed by atoms with Crippen molar-refractivity contribution in [3.8, 4) is 5.75 Å². The molecule has 7 heteroatoms. The summed E-state index contributed by atoms with van der Waals surface area (Å²) in [6, 6.07) is 11.0. The molecular weight excluding hydrogens is 366 g/mol. The van der Waals surface area contributed by atoms with Crippen molar-refractivity contribution in [2.45, 2.75) is 39.9 Å². The van der Waals surface area contributed by atoms with Crippen LogP contribution in [0.15, 0.2) is 46.7 Å². The Morgan fingerprint density at radius 3 is 2.68 bits per heavy atom. The van der Waals surface area contributed by atoms with Crippen molar-refractivity contribution in [1.29, 1.82) is 0 Å². The molecule has 0 fully saturated rings. The van der Waals surface area contributed by atoms with E-state index in [1.54, 1.807) is 12.1 Å². The number of halogens is 2. The zero-order valence-corrected chi connectivity index (χ0v) is 16.0. The van der Waals surface area contributed by atoms with Crippen LogP contribution >= 0.6 is 0 Å². The quantitative estimate of drug-likeness (QED) is 0.504. The second kappa shape index (κ2) is 8.82. The number of fused-ring (bicyclic) bond motifs is 1. The van der Waals surface area contributed by atoms with Crippen LogP contribution in [0, 0.1) is 6.92 Å². The molecule has 0 aliphatic heterocycles. The summed E-state index contributed by atoms with van der Waals surface area (Å²) in [5, 5.41) is 8.27. The van der Waals surface area contributed by atoms with Gasteiger partial charge in [0.15, 0.2) is 0 Å². The first-order valence-corrected chi connectivity index (χ1v) is 8.93. The molecule has 1 aliphatic carbocycles. The van der Waals surface area contributed by atoms with Crippen LogP contribution in [-0.4, -0.2) is 25.1 Å². The first-order chi connectivity index (χ1) is 13.5. The van der Waals surface area contributed by atoms with Crippen LogP contribution in [0.2, 0.25) is 0 Å². The Kier molecular flexibility index (Phi) is 6.23. The second-order valence-electron chi connectivity index (χ2n) is 6.43. The summed E-state index contributed by atoms with van der Waals surface area (Å²) in [7, 11) is 1.50. The fourth-order valence-corrected chi connectivity index (χ4v) is 3.37. The van der Waals surface area contributed by atoms with E-state index in [0.717, 1.165) is 39.2 Å². The van der Waals surface area contributed by atoms with Crippen LogP contribution < -0.4 is 4.74 Å². The standard InChI is InChI=1S/C21H22F2N2O3/c1-13-6-4-7-15(14(2)24-26-3)18(13)12-27-25-19-11-10-17-16(19)8-5-9-20(17)28-21(22)23/h4-9,21H,10-12H2,1-3H3/b24-14-,25-19+. The molecule has 0 aromatic heterocycles. The molecule has 0 unspecified atom stereocenters. The minimum absolute atomic E-state index is 0.199. The fourth-order valence-electron chi connectivity index (χ4n) is 3.37. The first-order valence-electron chi connectivity index (χ1n) is 8.93. The molecule has 0 atom stereocenters. The smallest absolute Gasteiger partial charge is 0.387 e. The molecule has 0 heterocycles. The summed E-state index contributed by atoms with van der Waals surface area (Å²) < 4.78 is 29.8. The van der Waals surface area contributed by atoms with Crippen molar-refractivity contribution in [3.05, 3.63) is 64.2 Å². The van der Waals surface area contributed by atoms with Crippen LogP contribution in [0.3, 0.4) is 0 Å². The maximum atomic E-state index is 12.6. The van der Waals surface area contributed by atoms with Gasteiger partial charge in [-0.2, -0.15) is 8.78 Å². The minimum Gasteiger partial charge on any atom is -0.435 e. The summed E-state index contributed by atoms with van der Waals surface area (Å²) in [5.74, 6) is 0.199. The van der Waals surface area contributed by atoms with Crippen LogP contribution in [0.5, 0.6) is 5.75 Å². The predicted octanol–water partition coefficient (Wildman–Crippen LogP) is 4.83. The Morgan fingerprint density at radius 2 is 1.93 bits per heavy atom. The van der Waals surface area contributed by atoms with Crippen molar-refractivity contribution in [2.24, 2.45) is 10.3 Å². The summed E-state index contributed by atoms with van der Waals surface area (Å²) in [5.41, 5.74) is 5.97. The number of aryl methyl sites for hydroxylation is 1. The molecule has 0 radical (unpaired) electrons. The average Bonchev–Trinajstić information content (AvgIpc) is 3.07. The maximum Gasteiger partial charge on any atom is 0.387 e. The van der Waals surface area contributed by atoms with Gasteiger partial charge in [-0.3, -0.25) is 0 Å². The average molecular weight is 388 g/mol. The molecule has 0 saturated heterocycles. The van der Waals surface area contributed by atoms with Gasteiger partial charge in [-0.15, -0.1) is 0 Å². The Balaban J connectivity index is 1.79. The van der Waals surface area contributed by atoms with Gasteiger partial charge in [-0.1, -0.05) is 40.6 Å². The lowest BCUT2D eigenvalue weighted by atomic mass is 10.00. The highest BCUT2D eigenvalue weighted by Gasteiger charge is 2.23. The molecular formula is C21H22F2N2O3. The number of oxime groups is 2. The number of hydrogen-bond acceptors (Lipinski definition) is 5. The number of nitrogens with zero attached hydrogens (tertiary/aromatic N) is 2. The third-order valence-corrected chi connectivity index (χ3v) is 4.68. The Hall–Kier alpha value is -2.96. The number of rotatable bonds is 7. The van der Waals surface area contributed by atoms with E-state index < -0.39 is 6.61 Å². The molecule has 0 N–H and O–H groups in total. The summed E-state index contributed by atoms with van der Waals surface area (Å²) >= 11 is 0. The van der Waals surface area contributed by atoms with E-state index in [-0.39, 0.29) is 12.4 Å². The van der Waals surface area contributed by atoms with Gasteiger partial charge in [0.25, 0.3) is 0 Å². The van der Waals surface area contributed by atoms with Crippen LogP contribution in [-0.2, 0) is 22.7 Å². The lowest BCUT2D eigenvalue weighted by Crippen LogP contribution is -2.06. The molecule has 148 valence electrons. The summed E-state index contributed by atoms with van der Waals surface area (Å²) in [6.45, 7) is 1.28. The highest BCUT2D eigenvalue weighted by atomic mass is 19.3. The number of benzene rings is 2. The van der Waals surface area contributed by atoms with E-state index in [1.807, 2.05) is 38.1 Å². The van der Waals surface area contributed by atoms with Gasteiger partial charge in [0.1, 0.15) is 19.5 Å². The van der Waals surface area contributed by atoms with Crippen molar-refractivity contribution in [2.75, 3.05) is 7.11 Å². The van der Waals surface area contributed by atoms with E-state index >= 15 is 0 Å². The largest absolute Gasteiger partial charge is 0.435 e. The lowest BCUT2D eigenvalue weighted by Gasteiger charge is -2.12. The van der Waals surface area contributed by atoms with Gasteiger partial charge in [0.05, 0.1) is 11.4 Å². The molecule has 0 bridgehead atoms. The molecule has 2 aromatic rings. The summed E-state index contributed by atoms with van der Waals surface area (Å²) in [6.07, 6.45) is 1.21. The molecule has 2 aromatic carbocycles. The molecule has 0 saturated carbocycles. The third kappa shape index (κ3) is 4.30. The van der Waals surface area contributed by atoms with Crippen molar-refractivity contribution in [3.63, 3.8) is 0 Å². The van der Waals surface area contributed by atoms with Crippen molar-refractivity contribution < 1.29 is 23.2 Å². The highest BCUT2D eigenvalue weighted by Crippen LogP contribution is 2.32. The number of alkyl halides is 2. The molecule has 3 rings (SSSR count). The van der Waals surface area contributed by atoms with E-state index in [9.17, 15) is 8.78 Å². The normalized spacial score (nSPS) is 15.1. The zero-order valence-electron chi connectivity index (χ0n) is 16.0. The van der Waals surface area contributed by atoms with E-state index in [1.165, 1.54) is 7.11 Å². The first kappa shape index (κ1) is 19.8. The zero-order chi connectivity index (χ0) is 20.1. The van der Waals surface area contributed by atoms with E-state index in [4.69, 9.17) is 9.68 Å². The predicted molar refractivity (Wildman–Crippen MR) is 103 cm³/mol. The molecule has 0 spiro atoms. The topological polar surface area (TPSA) is 52.4 Å². The molecule has 28 heavy (non-hydrogen) atoms. The minimum atomic E-state index is -2.85. The SMILES string of the molecule is CO/N=C(/C)c1cccc(C)c1CO/N=C1\CCc2c(OC(F)F)cccc21. The van der Waals surface area contributed by atoms with E-state index in [0.29, 0.717) is 12.8 Å².